The molecule has 0 amide bonds. The standard InChI is InChI=1S/C89H148O17P2/c1-5-9-13-17-21-25-29-33-37-40-41-44-47-50-54-58-62-66-70-74-87(92)100-80-85(106-89(94)76-72-68-64-60-56-52-48-43-39-35-31-27-23-19-15-11-7-3)82-104-108(97,98)102-78-83(90)77-101-107(95,96)103-81-84(105-88(93)75-71-67-63-59-55-51-45-36-32-28-24-20-16-12-8-4)79-99-86(91)73-69-65-61-57-53-49-46-42-38-34-30-26-22-18-14-10-6-2/h21-23,25-27,33-35,37-39,41,44,46,48-50,52,54,57,60-62,64,66,83-85,90H,5-20,24,28-32,36,40,42-43,45,47,51,53,55-56,58-59,63,65,67-82H2,1-4H3,(H,95,96)(H,97,98)/b25-21-,26-22-,27-23-,37-33-,38-34-,39-35-,44-41-,49-46-,52-48-,54-50-,61-57-,64-60-,66-62-/t83-,84+,85+/m0/s1. The number of rotatable bonds is 77. The topological polar surface area (TPSA) is 237 Å². The molecule has 0 saturated heterocycles. The summed E-state index contributed by atoms with van der Waals surface area (Å²) in [5.41, 5.74) is 0. The maximum absolute atomic E-state index is 13.1. The fraction of sp³-hybridized carbons (Fsp3) is 0.663. The van der Waals surface area contributed by atoms with Crippen LogP contribution in [0.5, 0.6) is 0 Å². The van der Waals surface area contributed by atoms with Crippen LogP contribution < -0.4 is 0 Å². The molecule has 0 aromatic rings. The van der Waals surface area contributed by atoms with Gasteiger partial charge in [-0.1, -0.05) is 314 Å². The van der Waals surface area contributed by atoms with Crippen LogP contribution in [0, 0.1) is 0 Å². The number of hydrogen-bond donors (Lipinski definition) is 3. The first-order chi connectivity index (χ1) is 52.7. The Bertz CT molecular complexity index is 2660. The number of aliphatic hydroxyl groups excluding tert-OH is 1. The first kappa shape index (κ1) is 103. The molecule has 108 heavy (non-hydrogen) atoms. The van der Waals surface area contributed by atoms with E-state index in [1.807, 2.05) is 42.5 Å². The molecule has 5 atom stereocenters. The molecule has 3 N–H and O–H groups in total. The first-order valence-electron chi connectivity index (χ1n) is 41.7. The summed E-state index contributed by atoms with van der Waals surface area (Å²) >= 11 is 0. The lowest BCUT2D eigenvalue weighted by Crippen LogP contribution is -2.30. The van der Waals surface area contributed by atoms with Gasteiger partial charge >= 0.3 is 39.5 Å². The van der Waals surface area contributed by atoms with Crippen LogP contribution in [0.4, 0.5) is 0 Å². The van der Waals surface area contributed by atoms with E-state index in [0.29, 0.717) is 44.9 Å². The fourth-order valence-corrected chi connectivity index (χ4v) is 12.2. The third-order valence-electron chi connectivity index (χ3n) is 17.0. The molecule has 0 aliphatic rings. The zero-order valence-electron chi connectivity index (χ0n) is 67.5. The Kier molecular flexibility index (Phi) is 75.8. The zero-order chi connectivity index (χ0) is 78.9. The van der Waals surface area contributed by atoms with Crippen LogP contribution in [-0.4, -0.2) is 96.7 Å². The lowest BCUT2D eigenvalue weighted by Gasteiger charge is -2.21. The minimum absolute atomic E-state index is 0.00225. The highest BCUT2D eigenvalue weighted by atomic mass is 31.2. The number of unbranched alkanes of at least 4 members (excludes halogenated alkanes) is 25. The zero-order valence-corrected chi connectivity index (χ0v) is 69.3. The summed E-state index contributed by atoms with van der Waals surface area (Å²) in [6.45, 7) is 4.60. The summed E-state index contributed by atoms with van der Waals surface area (Å²) in [4.78, 5) is 73.1. The van der Waals surface area contributed by atoms with Gasteiger partial charge in [-0.25, -0.2) is 9.13 Å². The number of carbonyl (C=O) groups is 4. The Morgan fingerprint density at radius 2 is 0.481 bits per heavy atom. The van der Waals surface area contributed by atoms with Crippen LogP contribution in [0.1, 0.15) is 323 Å². The number of esters is 4. The molecule has 0 bridgehead atoms. The van der Waals surface area contributed by atoms with Gasteiger partial charge in [-0.2, -0.15) is 0 Å². The van der Waals surface area contributed by atoms with Crippen LogP contribution in [-0.2, 0) is 65.4 Å². The van der Waals surface area contributed by atoms with E-state index in [2.05, 4.69) is 143 Å². The van der Waals surface area contributed by atoms with Crippen molar-refractivity contribution in [1.82, 2.24) is 0 Å². The van der Waals surface area contributed by atoms with Crippen molar-refractivity contribution in [2.45, 2.75) is 341 Å². The van der Waals surface area contributed by atoms with Gasteiger partial charge in [0, 0.05) is 25.7 Å². The average molecular weight is 1550 g/mol. The van der Waals surface area contributed by atoms with E-state index >= 15 is 0 Å². The Balaban J connectivity index is 5.53. The average Bonchev–Trinajstić information content (AvgIpc) is 0.906. The third kappa shape index (κ3) is 78.8. The monoisotopic (exact) mass is 1550 g/mol. The van der Waals surface area contributed by atoms with E-state index in [9.17, 15) is 43.2 Å². The quantitative estimate of drug-likeness (QED) is 0.0169. The second-order valence-electron chi connectivity index (χ2n) is 27.4. The minimum atomic E-state index is -5.02. The second-order valence-corrected chi connectivity index (χ2v) is 30.3. The summed E-state index contributed by atoms with van der Waals surface area (Å²) in [7, 11) is -10.0. The number of aliphatic hydroxyl groups is 1. The van der Waals surface area contributed by atoms with Gasteiger partial charge in [0.15, 0.2) is 12.2 Å². The van der Waals surface area contributed by atoms with Gasteiger partial charge in [0.25, 0.3) is 0 Å². The predicted octanol–water partition coefficient (Wildman–Crippen LogP) is 24.8. The normalized spacial score (nSPS) is 14.6. The van der Waals surface area contributed by atoms with Crippen molar-refractivity contribution in [1.29, 1.82) is 0 Å². The van der Waals surface area contributed by atoms with Gasteiger partial charge in [0.05, 0.1) is 26.4 Å². The number of phosphoric acid groups is 2. The van der Waals surface area contributed by atoms with E-state index in [1.54, 1.807) is 0 Å². The van der Waals surface area contributed by atoms with Crippen molar-refractivity contribution in [2.75, 3.05) is 39.6 Å². The van der Waals surface area contributed by atoms with E-state index < -0.39 is 97.5 Å². The summed E-state index contributed by atoms with van der Waals surface area (Å²) in [6, 6.07) is 0. The van der Waals surface area contributed by atoms with Crippen LogP contribution in [0.15, 0.2) is 158 Å². The predicted molar refractivity (Wildman–Crippen MR) is 445 cm³/mol. The van der Waals surface area contributed by atoms with Gasteiger partial charge in [0.1, 0.15) is 19.3 Å². The Hall–Kier alpha value is -5.32. The Morgan fingerprint density at radius 1 is 0.259 bits per heavy atom. The second kappa shape index (κ2) is 79.8. The molecule has 0 fully saturated rings. The highest BCUT2D eigenvalue weighted by Crippen LogP contribution is 2.45. The molecule has 0 aromatic carbocycles. The van der Waals surface area contributed by atoms with Crippen LogP contribution in [0.25, 0.3) is 0 Å². The number of ether oxygens (including phenoxy) is 4. The van der Waals surface area contributed by atoms with Crippen molar-refractivity contribution in [2.24, 2.45) is 0 Å². The lowest BCUT2D eigenvalue weighted by atomic mass is 10.0. The van der Waals surface area contributed by atoms with Gasteiger partial charge in [-0.3, -0.25) is 37.3 Å². The van der Waals surface area contributed by atoms with Crippen molar-refractivity contribution >= 4 is 39.5 Å². The molecule has 0 radical (unpaired) electrons. The van der Waals surface area contributed by atoms with Crippen molar-refractivity contribution in [3.05, 3.63) is 158 Å². The van der Waals surface area contributed by atoms with Crippen LogP contribution >= 0.6 is 15.6 Å². The van der Waals surface area contributed by atoms with Gasteiger partial charge in [0.2, 0.25) is 0 Å². The third-order valence-corrected chi connectivity index (χ3v) is 18.9. The number of hydrogen-bond acceptors (Lipinski definition) is 15. The Morgan fingerprint density at radius 3 is 0.787 bits per heavy atom. The number of carbonyl (C=O) groups excluding carboxylic acids is 4. The summed E-state index contributed by atoms with van der Waals surface area (Å²) < 4.78 is 68.5. The van der Waals surface area contributed by atoms with E-state index in [-0.39, 0.29) is 25.7 Å². The molecule has 0 spiro atoms. The molecule has 0 rings (SSSR count). The van der Waals surface area contributed by atoms with Crippen molar-refractivity contribution < 1.29 is 80.2 Å². The molecule has 0 heterocycles. The van der Waals surface area contributed by atoms with Gasteiger partial charge < -0.3 is 33.8 Å². The molecule has 0 aliphatic carbocycles. The van der Waals surface area contributed by atoms with E-state index in [1.165, 1.54) is 122 Å². The van der Waals surface area contributed by atoms with Gasteiger partial charge in [-0.15, -0.1) is 0 Å². The largest absolute Gasteiger partial charge is 0.472 e. The van der Waals surface area contributed by atoms with E-state index in [4.69, 9.17) is 37.0 Å². The first-order valence-corrected chi connectivity index (χ1v) is 44.7. The molecular weight excluding hydrogens is 1400 g/mol. The number of allylic oxidation sites excluding steroid dienone is 26. The van der Waals surface area contributed by atoms with Crippen LogP contribution in [0.3, 0.4) is 0 Å². The molecule has 2 unspecified atom stereocenters. The summed E-state index contributed by atoms with van der Waals surface area (Å²) in [6.07, 6.45) is 93.9. The maximum Gasteiger partial charge on any atom is 0.472 e. The van der Waals surface area contributed by atoms with E-state index in [0.717, 1.165) is 103 Å². The van der Waals surface area contributed by atoms with Crippen molar-refractivity contribution in [3.63, 3.8) is 0 Å². The lowest BCUT2D eigenvalue weighted by molar-refractivity contribution is -0.161. The van der Waals surface area contributed by atoms with Gasteiger partial charge in [-0.05, 0) is 141 Å². The SMILES string of the molecule is CCCCC/C=C\C/C=C\C/C=C\C/C=C\C/C=C\CCC(=O)OC[C@H](COP(=O)(O)OC[C@@H](O)COP(=O)(O)OC[C@@H](COC(=O)CCC/C=C\C/C=C\C/C=C\C/C=C\CCCCC)OC(=O)CCCCCCCCCCCCCCCCC)OC(=O)CCC/C=C\C/C=C\C/C=C\C/C=C\CCCCC. The highest BCUT2D eigenvalue weighted by Gasteiger charge is 2.30. The Labute approximate surface area is 655 Å². The summed E-state index contributed by atoms with van der Waals surface area (Å²) in [5.74, 6) is -2.40. The molecule has 0 saturated carbocycles. The molecule has 0 aromatic heterocycles. The molecule has 17 nitrogen and oxygen atoms in total. The highest BCUT2D eigenvalue weighted by molar-refractivity contribution is 7.47. The smallest absolute Gasteiger partial charge is 0.462 e. The molecular formula is C89H148O17P2. The fourth-order valence-electron chi connectivity index (χ4n) is 10.6. The minimum Gasteiger partial charge on any atom is -0.462 e. The molecule has 19 heteroatoms. The maximum atomic E-state index is 13.1. The number of phosphoric ester groups is 2. The summed E-state index contributed by atoms with van der Waals surface area (Å²) in [5, 5.41) is 10.7. The molecule has 0 aliphatic heterocycles. The molecule has 616 valence electrons. The van der Waals surface area contributed by atoms with Crippen LogP contribution in [0.2, 0.25) is 0 Å². The van der Waals surface area contributed by atoms with Crippen molar-refractivity contribution in [3.8, 4) is 0 Å².